The number of imidazole rings is 1. The molecule has 1 fully saturated rings. The summed E-state index contributed by atoms with van der Waals surface area (Å²) in [6.07, 6.45) is 1.72. The van der Waals surface area contributed by atoms with Gasteiger partial charge in [0, 0.05) is 16.2 Å². The quantitative estimate of drug-likeness (QED) is 0.643. The van der Waals surface area contributed by atoms with Crippen molar-refractivity contribution in [2.45, 2.75) is 32.4 Å². The molecule has 0 aliphatic carbocycles. The third-order valence-electron chi connectivity index (χ3n) is 4.45. The van der Waals surface area contributed by atoms with Crippen LogP contribution in [-0.4, -0.2) is 63.5 Å². The van der Waals surface area contributed by atoms with Crippen molar-refractivity contribution in [1.82, 2.24) is 25.1 Å². The minimum absolute atomic E-state index is 0.0489. The van der Waals surface area contributed by atoms with Crippen molar-refractivity contribution in [1.29, 1.82) is 0 Å². The van der Waals surface area contributed by atoms with Crippen LogP contribution < -0.4 is 5.32 Å². The summed E-state index contributed by atoms with van der Waals surface area (Å²) < 4.78 is 6.41. The second kappa shape index (κ2) is 8.86. The van der Waals surface area contributed by atoms with Crippen molar-refractivity contribution < 1.29 is 19.1 Å². The van der Waals surface area contributed by atoms with Gasteiger partial charge in [-0.1, -0.05) is 28.1 Å². The normalized spacial score (nSPS) is 16.5. The number of carbonyl (C=O) groups excluding carboxylic acids is 3. The van der Waals surface area contributed by atoms with Gasteiger partial charge in [-0.25, -0.2) is 9.78 Å². The maximum absolute atomic E-state index is 12.6. The minimum atomic E-state index is -0.650. The number of nitrogens with zero attached hydrogens (tertiary/aromatic N) is 3. The molecule has 1 aliphatic heterocycles. The fraction of sp³-hybridized carbons (Fsp3) is 0.400. The predicted octanol–water partition coefficient (Wildman–Crippen LogP) is 2.66. The average Bonchev–Trinajstić information content (AvgIpc) is 3.32. The number of aromatic nitrogens is 2. The first-order chi connectivity index (χ1) is 14.2. The number of amides is 3. The summed E-state index contributed by atoms with van der Waals surface area (Å²) in [7, 11) is 0. The van der Waals surface area contributed by atoms with Crippen molar-refractivity contribution in [2.24, 2.45) is 0 Å². The zero-order chi connectivity index (χ0) is 21.9. The molecule has 1 unspecified atom stereocenters. The molecule has 0 bridgehead atoms. The summed E-state index contributed by atoms with van der Waals surface area (Å²) in [6.45, 7) is 5.47. The highest BCUT2D eigenvalue weighted by Gasteiger charge is 2.40. The number of ether oxygens (including phenoxy) is 1. The molecular formula is C20H24BrN5O4. The van der Waals surface area contributed by atoms with E-state index in [0.717, 1.165) is 15.7 Å². The lowest BCUT2D eigenvalue weighted by Gasteiger charge is -2.24. The Balaban J connectivity index is 1.83. The number of hydrogen-bond donors (Lipinski definition) is 2. The molecule has 1 aromatic carbocycles. The monoisotopic (exact) mass is 477 g/mol. The third-order valence-corrected chi connectivity index (χ3v) is 4.98. The highest BCUT2D eigenvalue weighted by Crippen LogP contribution is 2.29. The Labute approximate surface area is 182 Å². The Morgan fingerprint density at radius 1 is 1.33 bits per heavy atom. The second-order valence-corrected chi connectivity index (χ2v) is 8.82. The molecule has 3 amide bonds. The fourth-order valence-corrected chi connectivity index (χ4v) is 3.36. The first kappa shape index (κ1) is 21.8. The van der Waals surface area contributed by atoms with Crippen LogP contribution in [0.3, 0.4) is 0 Å². The Morgan fingerprint density at radius 3 is 2.67 bits per heavy atom. The average molecular weight is 478 g/mol. The van der Waals surface area contributed by atoms with E-state index in [-0.39, 0.29) is 25.7 Å². The lowest BCUT2D eigenvalue weighted by molar-refractivity contribution is -0.132. The van der Waals surface area contributed by atoms with Crippen molar-refractivity contribution in [2.75, 3.05) is 19.8 Å². The van der Waals surface area contributed by atoms with Crippen LogP contribution in [0.1, 0.15) is 32.6 Å². The van der Waals surface area contributed by atoms with Crippen LogP contribution in [-0.2, 0) is 14.3 Å². The van der Waals surface area contributed by atoms with E-state index in [1.54, 1.807) is 27.0 Å². The van der Waals surface area contributed by atoms with Gasteiger partial charge in [0.05, 0.1) is 25.5 Å². The zero-order valence-corrected chi connectivity index (χ0v) is 18.6. The summed E-state index contributed by atoms with van der Waals surface area (Å²) in [5.41, 5.74) is 0.998. The van der Waals surface area contributed by atoms with Crippen LogP contribution in [0.15, 0.2) is 34.9 Å². The van der Waals surface area contributed by atoms with E-state index in [2.05, 4.69) is 31.2 Å². The SMILES string of the molecule is CC(C)(C)OC(=O)N1CC(c2nc(-c3ccc(Br)cc3)c[nH]2)N(C(=O)CNC=O)C1. The van der Waals surface area contributed by atoms with E-state index in [4.69, 9.17) is 4.74 Å². The Kier molecular flexibility index (Phi) is 6.45. The standard InChI is InChI=1S/C20H24BrN5O4/c1-20(2,3)30-19(29)25-10-16(26(12-25)17(28)9-22-11-27)18-23-8-15(24-18)13-4-6-14(21)7-5-13/h4-8,11,16H,9-10,12H2,1-3H3,(H,22,27)(H,23,24). The summed E-state index contributed by atoms with van der Waals surface area (Å²) in [6, 6.07) is 7.22. The van der Waals surface area contributed by atoms with Crippen LogP contribution in [0.25, 0.3) is 11.3 Å². The van der Waals surface area contributed by atoms with E-state index in [1.807, 2.05) is 24.3 Å². The minimum Gasteiger partial charge on any atom is -0.444 e. The molecule has 9 nitrogen and oxygen atoms in total. The van der Waals surface area contributed by atoms with Gasteiger partial charge in [-0.3, -0.25) is 14.5 Å². The van der Waals surface area contributed by atoms with Gasteiger partial charge in [-0.2, -0.15) is 0 Å². The van der Waals surface area contributed by atoms with E-state index in [1.165, 1.54) is 9.80 Å². The van der Waals surface area contributed by atoms with Gasteiger partial charge in [0.2, 0.25) is 12.3 Å². The maximum Gasteiger partial charge on any atom is 0.411 e. The van der Waals surface area contributed by atoms with E-state index in [0.29, 0.717) is 12.2 Å². The van der Waals surface area contributed by atoms with Gasteiger partial charge in [0.25, 0.3) is 0 Å². The topological polar surface area (TPSA) is 108 Å². The Morgan fingerprint density at radius 2 is 2.03 bits per heavy atom. The van der Waals surface area contributed by atoms with E-state index >= 15 is 0 Å². The number of aromatic amines is 1. The van der Waals surface area contributed by atoms with Crippen LogP contribution >= 0.6 is 15.9 Å². The number of hydrogen-bond acceptors (Lipinski definition) is 5. The van der Waals surface area contributed by atoms with Gasteiger partial charge in [0.15, 0.2) is 0 Å². The lowest BCUT2D eigenvalue weighted by atomic mass is 10.2. The highest BCUT2D eigenvalue weighted by atomic mass is 79.9. The van der Waals surface area contributed by atoms with E-state index < -0.39 is 17.7 Å². The van der Waals surface area contributed by atoms with Crippen LogP contribution in [0.5, 0.6) is 0 Å². The van der Waals surface area contributed by atoms with Gasteiger partial charge >= 0.3 is 6.09 Å². The smallest absolute Gasteiger partial charge is 0.411 e. The molecule has 2 heterocycles. The lowest BCUT2D eigenvalue weighted by Crippen LogP contribution is -2.40. The number of nitrogens with one attached hydrogen (secondary N) is 2. The second-order valence-electron chi connectivity index (χ2n) is 7.90. The molecule has 1 saturated heterocycles. The molecule has 3 rings (SSSR count). The molecule has 30 heavy (non-hydrogen) atoms. The summed E-state index contributed by atoms with van der Waals surface area (Å²) in [5, 5.41) is 2.37. The molecule has 0 spiro atoms. The van der Waals surface area contributed by atoms with Gasteiger partial charge in [0.1, 0.15) is 17.5 Å². The number of halogens is 1. The molecule has 2 N–H and O–H groups in total. The zero-order valence-electron chi connectivity index (χ0n) is 17.0. The van der Waals surface area contributed by atoms with Crippen molar-refractivity contribution in [3.05, 3.63) is 40.8 Å². The maximum atomic E-state index is 12.6. The Hall–Kier alpha value is -2.88. The molecule has 1 atom stereocenters. The number of rotatable bonds is 5. The predicted molar refractivity (Wildman–Crippen MR) is 113 cm³/mol. The fourth-order valence-electron chi connectivity index (χ4n) is 3.10. The van der Waals surface area contributed by atoms with Crippen molar-refractivity contribution in [3.8, 4) is 11.3 Å². The highest BCUT2D eigenvalue weighted by molar-refractivity contribution is 9.10. The molecule has 0 radical (unpaired) electrons. The summed E-state index contributed by atoms with van der Waals surface area (Å²) in [5.74, 6) is 0.234. The van der Waals surface area contributed by atoms with Gasteiger partial charge in [-0.05, 0) is 32.9 Å². The Bertz CT molecular complexity index is 922. The molecule has 160 valence electrons. The summed E-state index contributed by atoms with van der Waals surface area (Å²) >= 11 is 3.41. The molecule has 1 aliphatic rings. The largest absolute Gasteiger partial charge is 0.444 e. The van der Waals surface area contributed by atoms with Crippen LogP contribution in [0.4, 0.5) is 4.79 Å². The molecule has 2 aromatic rings. The van der Waals surface area contributed by atoms with Crippen LogP contribution in [0.2, 0.25) is 0 Å². The van der Waals surface area contributed by atoms with Crippen molar-refractivity contribution >= 4 is 34.3 Å². The third kappa shape index (κ3) is 5.18. The van der Waals surface area contributed by atoms with E-state index in [9.17, 15) is 14.4 Å². The van der Waals surface area contributed by atoms with Crippen molar-refractivity contribution in [3.63, 3.8) is 0 Å². The molecular weight excluding hydrogens is 454 g/mol. The number of benzene rings is 1. The van der Waals surface area contributed by atoms with Gasteiger partial charge < -0.3 is 19.9 Å². The molecule has 1 aromatic heterocycles. The summed E-state index contributed by atoms with van der Waals surface area (Å²) in [4.78, 5) is 46.5. The van der Waals surface area contributed by atoms with Gasteiger partial charge in [-0.15, -0.1) is 0 Å². The first-order valence-electron chi connectivity index (χ1n) is 9.43. The van der Waals surface area contributed by atoms with Crippen LogP contribution in [0, 0.1) is 0 Å². The number of H-pyrrole nitrogens is 1. The molecule has 10 heteroatoms. The first-order valence-corrected chi connectivity index (χ1v) is 10.2. The number of carbonyl (C=O) groups is 3. The molecule has 0 saturated carbocycles.